The molecule has 2 aromatic carbocycles. The molecular formula is C25H22N4O4. The largest absolute Gasteiger partial charge is 0.508 e. The maximum atomic E-state index is 12.8. The first-order valence-electron chi connectivity index (χ1n) is 10.3. The van der Waals surface area contributed by atoms with Crippen LogP contribution in [0.1, 0.15) is 22.8 Å². The van der Waals surface area contributed by atoms with Gasteiger partial charge in [0, 0.05) is 29.1 Å². The molecule has 4 rings (SSSR count). The summed E-state index contributed by atoms with van der Waals surface area (Å²) in [6.07, 6.45) is 6.46. The molecule has 8 heteroatoms. The van der Waals surface area contributed by atoms with Crippen molar-refractivity contribution in [2.45, 2.75) is 13.5 Å². The van der Waals surface area contributed by atoms with Gasteiger partial charge in [-0.05, 0) is 43.3 Å². The minimum atomic E-state index is -0.330. The second-order valence-corrected chi connectivity index (χ2v) is 7.04. The normalized spacial score (nSPS) is 10.5. The molecule has 2 aromatic heterocycles. The van der Waals surface area contributed by atoms with E-state index in [1.165, 1.54) is 12.4 Å². The van der Waals surface area contributed by atoms with Crippen molar-refractivity contribution < 1.29 is 19.4 Å². The lowest BCUT2D eigenvalue weighted by Gasteiger charge is -2.13. The number of ether oxygens (including phenoxy) is 2. The molecule has 0 spiro atoms. The number of nitrogens with zero attached hydrogens (tertiary/aromatic N) is 3. The number of anilines is 1. The van der Waals surface area contributed by atoms with E-state index in [0.717, 1.165) is 5.56 Å². The van der Waals surface area contributed by atoms with Gasteiger partial charge in [-0.2, -0.15) is 0 Å². The lowest BCUT2D eigenvalue weighted by molar-refractivity contribution is 0.102. The molecule has 0 aliphatic carbocycles. The molecule has 0 saturated heterocycles. The summed E-state index contributed by atoms with van der Waals surface area (Å²) in [5, 5.41) is 12.4. The molecule has 166 valence electrons. The van der Waals surface area contributed by atoms with Crippen molar-refractivity contribution in [1.29, 1.82) is 0 Å². The maximum absolute atomic E-state index is 12.8. The zero-order valence-electron chi connectivity index (χ0n) is 17.9. The number of hydrogen-bond acceptors (Lipinski definition) is 7. The number of rotatable bonds is 8. The summed E-state index contributed by atoms with van der Waals surface area (Å²) in [5.74, 6) is 1.26. The number of carbonyl (C=O) groups excluding carboxylic acids is 1. The summed E-state index contributed by atoms with van der Waals surface area (Å²) >= 11 is 0. The van der Waals surface area contributed by atoms with E-state index in [1.54, 1.807) is 54.9 Å². The smallest absolute Gasteiger partial charge is 0.255 e. The van der Waals surface area contributed by atoms with Crippen LogP contribution in [0.4, 0.5) is 5.69 Å². The van der Waals surface area contributed by atoms with Gasteiger partial charge in [0.25, 0.3) is 5.91 Å². The van der Waals surface area contributed by atoms with Crippen LogP contribution in [0, 0.1) is 0 Å². The highest BCUT2D eigenvalue weighted by Crippen LogP contribution is 2.30. The molecule has 0 bridgehead atoms. The Kier molecular flexibility index (Phi) is 6.75. The molecule has 0 aliphatic heterocycles. The molecule has 0 aliphatic rings. The molecule has 33 heavy (non-hydrogen) atoms. The number of amides is 1. The van der Waals surface area contributed by atoms with Crippen LogP contribution in [0.5, 0.6) is 17.2 Å². The quantitative estimate of drug-likeness (QED) is 0.414. The number of carbonyl (C=O) groups is 1. The van der Waals surface area contributed by atoms with Crippen LogP contribution >= 0.6 is 0 Å². The van der Waals surface area contributed by atoms with Crippen LogP contribution in [0.3, 0.4) is 0 Å². The number of hydrogen-bond donors (Lipinski definition) is 2. The highest BCUT2D eigenvalue weighted by Gasteiger charge is 2.13. The standard InChI is InChI=1S/C25H22N4O4/c1-2-32-23-12-19(8-9-22(23)33-16-17-5-4-10-26-13-17)25(31)29-20-14-27-24(28-15-20)18-6-3-7-21(30)11-18/h3-15,30H,2,16H2,1H3,(H,29,31). The van der Waals surface area contributed by atoms with Gasteiger partial charge in [-0.1, -0.05) is 18.2 Å². The average molecular weight is 442 g/mol. The number of phenols is 1. The van der Waals surface area contributed by atoms with E-state index in [1.807, 2.05) is 19.1 Å². The van der Waals surface area contributed by atoms with E-state index < -0.39 is 0 Å². The predicted octanol–water partition coefficient (Wildman–Crippen LogP) is 4.47. The number of nitrogens with one attached hydrogen (secondary N) is 1. The monoisotopic (exact) mass is 442 g/mol. The topological polar surface area (TPSA) is 106 Å². The van der Waals surface area contributed by atoms with E-state index in [9.17, 15) is 9.90 Å². The van der Waals surface area contributed by atoms with Gasteiger partial charge in [0.2, 0.25) is 0 Å². The summed E-state index contributed by atoms with van der Waals surface area (Å²) in [5.41, 5.74) is 2.45. The Bertz CT molecular complexity index is 1230. The van der Waals surface area contributed by atoms with E-state index in [-0.39, 0.29) is 11.7 Å². The van der Waals surface area contributed by atoms with Gasteiger partial charge >= 0.3 is 0 Å². The first kappa shape index (κ1) is 21.8. The Morgan fingerprint density at radius 2 is 1.82 bits per heavy atom. The van der Waals surface area contributed by atoms with Crippen LogP contribution in [0.2, 0.25) is 0 Å². The lowest BCUT2D eigenvalue weighted by atomic mass is 10.2. The summed E-state index contributed by atoms with van der Waals surface area (Å²) < 4.78 is 11.5. The predicted molar refractivity (Wildman–Crippen MR) is 123 cm³/mol. The first-order valence-corrected chi connectivity index (χ1v) is 10.3. The van der Waals surface area contributed by atoms with Crippen molar-refractivity contribution >= 4 is 11.6 Å². The van der Waals surface area contributed by atoms with Crippen LogP contribution in [-0.4, -0.2) is 32.6 Å². The molecule has 0 atom stereocenters. The molecule has 0 radical (unpaired) electrons. The van der Waals surface area contributed by atoms with Gasteiger partial charge in [0.05, 0.1) is 24.7 Å². The fourth-order valence-electron chi connectivity index (χ4n) is 3.07. The minimum Gasteiger partial charge on any atom is -0.508 e. The maximum Gasteiger partial charge on any atom is 0.255 e. The molecule has 0 unspecified atom stereocenters. The summed E-state index contributed by atoms with van der Waals surface area (Å²) in [7, 11) is 0. The first-order chi connectivity index (χ1) is 16.1. The van der Waals surface area contributed by atoms with Gasteiger partial charge in [-0.15, -0.1) is 0 Å². The van der Waals surface area contributed by atoms with Gasteiger partial charge in [-0.3, -0.25) is 9.78 Å². The minimum absolute atomic E-state index is 0.131. The van der Waals surface area contributed by atoms with E-state index in [0.29, 0.717) is 47.4 Å². The highest BCUT2D eigenvalue weighted by molar-refractivity contribution is 6.04. The van der Waals surface area contributed by atoms with Gasteiger partial charge < -0.3 is 19.9 Å². The van der Waals surface area contributed by atoms with Crippen molar-refractivity contribution in [1.82, 2.24) is 15.0 Å². The molecule has 2 N–H and O–H groups in total. The fourth-order valence-corrected chi connectivity index (χ4v) is 3.07. The Morgan fingerprint density at radius 3 is 2.55 bits per heavy atom. The van der Waals surface area contributed by atoms with Crippen molar-refractivity contribution in [3.63, 3.8) is 0 Å². The second-order valence-electron chi connectivity index (χ2n) is 7.04. The zero-order valence-corrected chi connectivity index (χ0v) is 17.9. The third-order valence-corrected chi connectivity index (χ3v) is 4.64. The number of aromatic hydroxyl groups is 1. The number of phenolic OH excluding ortho intramolecular Hbond substituents is 1. The zero-order chi connectivity index (χ0) is 23.0. The van der Waals surface area contributed by atoms with Gasteiger partial charge in [0.1, 0.15) is 12.4 Å². The third kappa shape index (κ3) is 5.62. The molecule has 1 amide bonds. The number of benzene rings is 2. The fraction of sp³-hybridized carbons (Fsp3) is 0.120. The van der Waals surface area contributed by atoms with Crippen molar-refractivity contribution in [3.05, 3.63) is 90.5 Å². The molecule has 0 saturated carbocycles. The Labute approximate surface area is 190 Å². The summed E-state index contributed by atoms with van der Waals surface area (Å²) in [6.45, 7) is 2.63. The SMILES string of the molecule is CCOc1cc(C(=O)Nc2cnc(-c3cccc(O)c3)nc2)ccc1OCc1cccnc1. The van der Waals surface area contributed by atoms with Crippen LogP contribution in [0.25, 0.3) is 11.4 Å². The van der Waals surface area contributed by atoms with Crippen molar-refractivity contribution in [2.75, 3.05) is 11.9 Å². The van der Waals surface area contributed by atoms with E-state index in [2.05, 4.69) is 20.3 Å². The molecule has 8 nitrogen and oxygen atoms in total. The summed E-state index contributed by atoms with van der Waals surface area (Å²) in [4.78, 5) is 25.4. The van der Waals surface area contributed by atoms with Crippen LogP contribution in [-0.2, 0) is 6.61 Å². The van der Waals surface area contributed by atoms with Crippen molar-refractivity contribution in [3.8, 4) is 28.6 Å². The van der Waals surface area contributed by atoms with Gasteiger partial charge in [0.15, 0.2) is 17.3 Å². The van der Waals surface area contributed by atoms with Gasteiger partial charge in [-0.25, -0.2) is 9.97 Å². The van der Waals surface area contributed by atoms with E-state index >= 15 is 0 Å². The summed E-state index contributed by atoms with van der Waals surface area (Å²) in [6, 6.07) is 15.4. The Morgan fingerprint density at radius 1 is 0.970 bits per heavy atom. The molecular weight excluding hydrogens is 420 g/mol. The second kappa shape index (κ2) is 10.2. The lowest BCUT2D eigenvalue weighted by Crippen LogP contribution is -2.13. The van der Waals surface area contributed by atoms with Crippen LogP contribution in [0.15, 0.2) is 79.4 Å². The number of pyridine rings is 1. The van der Waals surface area contributed by atoms with E-state index in [4.69, 9.17) is 9.47 Å². The molecule has 4 aromatic rings. The average Bonchev–Trinajstić information content (AvgIpc) is 2.84. The highest BCUT2D eigenvalue weighted by atomic mass is 16.5. The molecule has 2 heterocycles. The Hall–Kier alpha value is -4.46. The number of aromatic nitrogens is 3. The Balaban J connectivity index is 1.45. The third-order valence-electron chi connectivity index (χ3n) is 4.64. The molecule has 0 fully saturated rings. The van der Waals surface area contributed by atoms with Crippen LogP contribution < -0.4 is 14.8 Å². The van der Waals surface area contributed by atoms with Crippen molar-refractivity contribution in [2.24, 2.45) is 0 Å².